The lowest BCUT2D eigenvalue weighted by Gasteiger charge is -2.23. The average molecular weight is 289 g/mol. The van der Waals surface area contributed by atoms with Crippen molar-refractivity contribution >= 4 is 5.96 Å². The first-order valence-corrected chi connectivity index (χ1v) is 8.00. The lowest BCUT2D eigenvalue weighted by molar-refractivity contribution is 0.311. The molecule has 116 valence electrons. The summed E-state index contributed by atoms with van der Waals surface area (Å²) in [5.74, 6) is 1.53. The van der Waals surface area contributed by atoms with Crippen molar-refractivity contribution in [3.05, 3.63) is 29.8 Å². The van der Waals surface area contributed by atoms with Crippen LogP contribution in [0.25, 0.3) is 0 Å². The van der Waals surface area contributed by atoms with Crippen LogP contribution in [0.5, 0.6) is 5.75 Å². The standard InChI is InChI=1S/C17H27N3O/c1-14-8-5-6-11-16(14)21-13-7-12-19-17(18)20-15-9-3-2-4-10-15/h5-6,8,11,15H,2-4,7,9-10,12-13H2,1H3,(H3,18,19,20). The van der Waals surface area contributed by atoms with Gasteiger partial charge in [0, 0.05) is 19.0 Å². The van der Waals surface area contributed by atoms with Crippen LogP contribution in [0.15, 0.2) is 29.3 Å². The molecule has 0 unspecified atom stereocenters. The van der Waals surface area contributed by atoms with Crippen molar-refractivity contribution in [2.45, 2.75) is 51.5 Å². The highest BCUT2D eigenvalue weighted by molar-refractivity contribution is 5.78. The fourth-order valence-electron chi connectivity index (χ4n) is 2.67. The minimum Gasteiger partial charge on any atom is -0.493 e. The molecular formula is C17H27N3O. The first kappa shape index (κ1) is 15.7. The summed E-state index contributed by atoms with van der Waals surface area (Å²) in [6.07, 6.45) is 7.26. The molecule has 2 rings (SSSR count). The molecule has 0 atom stereocenters. The zero-order valence-corrected chi connectivity index (χ0v) is 13.0. The first-order chi connectivity index (χ1) is 10.3. The zero-order valence-electron chi connectivity index (χ0n) is 13.0. The normalized spacial score (nSPS) is 16.7. The third kappa shape index (κ3) is 5.66. The van der Waals surface area contributed by atoms with Crippen molar-refractivity contribution in [2.75, 3.05) is 13.2 Å². The van der Waals surface area contributed by atoms with Gasteiger partial charge in [0.1, 0.15) is 5.75 Å². The number of benzene rings is 1. The number of hydrogen-bond donors (Lipinski definition) is 2. The molecule has 0 aromatic heterocycles. The van der Waals surface area contributed by atoms with Crippen LogP contribution in [-0.2, 0) is 0 Å². The van der Waals surface area contributed by atoms with Crippen LogP contribution in [0.2, 0.25) is 0 Å². The summed E-state index contributed by atoms with van der Waals surface area (Å²) in [6.45, 7) is 3.43. The molecule has 1 aliphatic rings. The predicted molar refractivity (Wildman–Crippen MR) is 87.8 cm³/mol. The molecule has 1 aliphatic carbocycles. The highest BCUT2D eigenvalue weighted by Crippen LogP contribution is 2.17. The van der Waals surface area contributed by atoms with Gasteiger partial charge in [-0.3, -0.25) is 4.99 Å². The second kappa shape index (κ2) is 8.55. The van der Waals surface area contributed by atoms with E-state index in [1.165, 1.54) is 37.7 Å². The Morgan fingerprint density at radius 1 is 1.29 bits per heavy atom. The van der Waals surface area contributed by atoms with E-state index in [1.807, 2.05) is 18.2 Å². The molecule has 0 saturated heterocycles. The summed E-state index contributed by atoms with van der Waals surface area (Å²) in [5, 5.41) is 3.32. The van der Waals surface area contributed by atoms with E-state index in [1.54, 1.807) is 0 Å². The third-order valence-electron chi connectivity index (χ3n) is 3.89. The largest absolute Gasteiger partial charge is 0.493 e. The molecule has 1 saturated carbocycles. The summed E-state index contributed by atoms with van der Waals surface area (Å²) in [5.41, 5.74) is 7.09. The van der Waals surface area contributed by atoms with Gasteiger partial charge in [-0.25, -0.2) is 0 Å². The summed E-state index contributed by atoms with van der Waals surface area (Å²) >= 11 is 0. The first-order valence-electron chi connectivity index (χ1n) is 8.00. The Morgan fingerprint density at radius 2 is 2.05 bits per heavy atom. The monoisotopic (exact) mass is 289 g/mol. The highest BCUT2D eigenvalue weighted by atomic mass is 16.5. The molecular weight excluding hydrogens is 262 g/mol. The fraction of sp³-hybridized carbons (Fsp3) is 0.588. The minimum absolute atomic E-state index is 0.519. The van der Waals surface area contributed by atoms with Crippen LogP contribution in [0.1, 0.15) is 44.1 Å². The van der Waals surface area contributed by atoms with Crippen molar-refractivity contribution in [3.63, 3.8) is 0 Å². The number of hydrogen-bond acceptors (Lipinski definition) is 2. The van der Waals surface area contributed by atoms with Crippen LogP contribution in [0.3, 0.4) is 0 Å². The maximum atomic E-state index is 5.92. The summed E-state index contributed by atoms with van der Waals surface area (Å²) in [6, 6.07) is 8.58. The van der Waals surface area contributed by atoms with E-state index in [0.29, 0.717) is 25.2 Å². The van der Waals surface area contributed by atoms with Crippen molar-refractivity contribution in [1.82, 2.24) is 5.32 Å². The number of aliphatic imine (C=N–C) groups is 1. The van der Waals surface area contributed by atoms with E-state index in [0.717, 1.165) is 12.2 Å². The number of aryl methyl sites for hydroxylation is 1. The van der Waals surface area contributed by atoms with Crippen molar-refractivity contribution in [2.24, 2.45) is 10.7 Å². The summed E-state index contributed by atoms with van der Waals surface area (Å²) in [4.78, 5) is 4.38. The molecule has 21 heavy (non-hydrogen) atoms. The number of nitrogens with two attached hydrogens (primary N) is 1. The third-order valence-corrected chi connectivity index (χ3v) is 3.89. The van der Waals surface area contributed by atoms with Gasteiger partial charge in [0.2, 0.25) is 0 Å². The lowest BCUT2D eigenvalue weighted by atomic mass is 9.96. The van der Waals surface area contributed by atoms with Gasteiger partial charge < -0.3 is 15.8 Å². The molecule has 4 nitrogen and oxygen atoms in total. The molecule has 1 aromatic rings. The molecule has 1 fully saturated rings. The van der Waals surface area contributed by atoms with Gasteiger partial charge in [-0.05, 0) is 31.4 Å². The van der Waals surface area contributed by atoms with Crippen molar-refractivity contribution in [1.29, 1.82) is 0 Å². The lowest BCUT2D eigenvalue weighted by Crippen LogP contribution is -2.41. The molecule has 0 spiro atoms. The Hall–Kier alpha value is -1.71. The maximum absolute atomic E-state index is 5.92. The SMILES string of the molecule is Cc1ccccc1OCCCN=C(N)NC1CCCCC1. The maximum Gasteiger partial charge on any atom is 0.188 e. The fourth-order valence-corrected chi connectivity index (χ4v) is 2.67. The Labute approximate surface area is 127 Å². The van der Waals surface area contributed by atoms with E-state index in [2.05, 4.69) is 23.3 Å². The summed E-state index contributed by atoms with van der Waals surface area (Å²) < 4.78 is 5.74. The van der Waals surface area contributed by atoms with Gasteiger partial charge in [-0.15, -0.1) is 0 Å². The Kier molecular flexibility index (Phi) is 6.38. The molecule has 0 bridgehead atoms. The second-order valence-corrected chi connectivity index (χ2v) is 5.71. The number of rotatable bonds is 6. The molecule has 0 heterocycles. The topological polar surface area (TPSA) is 59.6 Å². The number of nitrogens with one attached hydrogen (secondary N) is 1. The number of para-hydroxylation sites is 1. The second-order valence-electron chi connectivity index (χ2n) is 5.71. The smallest absolute Gasteiger partial charge is 0.188 e. The Morgan fingerprint density at radius 3 is 2.81 bits per heavy atom. The molecule has 0 radical (unpaired) electrons. The van der Waals surface area contributed by atoms with Gasteiger partial charge in [0.05, 0.1) is 6.61 Å². The molecule has 1 aromatic carbocycles. The summed E-state index contributed by atoms with van der Waals surface area (Å²) in [7, 11) is 0. The predicted octanol–water partition coefficient (Wildman–Crippen LogP) is 3.00. The number of nitrogens with zero attached hydrogens (tertiary/aromatic N) is 1. The van der Waals surface area contributed by atoms with Gasteiger partial charge in [-0.2, -0.15) is 0 Å². The Bertz CT molecular complexity index is 453. The van der Waals surface area contributed by atoms with E-state index in [-0.39, 0.29) is 0 Å². The van der Waals surface area contributed by atoms with E-state index >= 15 is 0 Å². The van der Waals surface area contributed by atoms with Gasteiger partial charge in [0.25, 0.3) is 0 Å². The van der Waals surface area contributed by atoms with Crippen LogP contribution in [-0.4, -0.2) is 25.2 Å². The van der Waals surface area contributed by atoms with Crippen LogP contribution in [0.4, 0.5) is 0 Å². The van der Waals surface area contributed by atoms with Gasteiger partial charge in [0.15, 0.2) is 5.96 Å². The van der Waals surface area contributed by atoms with Crippen molar-refractivity contribution < 1.29 is 4.74 Å². The van der Waals surface area contributed by atoms with Crippen LogP contribution in [0, 0.1) is 6.92 Å². The van der Waals surface area contributed by atoms with Gasteiger partial charge >= 0.3 is 0 Å². The van der Waals surface area contributed by atoms with E-state index in [4.69, 9.17) is 10.5 Å². The van der Waals surface area contributed by atoms with Gasteiger partial charge in [-0.1, -0.05) is 37.5 Å². The average Bonchev–Trinajstić information content (AvgIpc) is 2.50. The Balaban J connectivity index is 1.62. The van der Waals surface area contributed by atoms with Crippen LogP contribution >= 0.6 is 0 Å². The van der Waals surface area contributed by atoms with E-state index in [9.17, 15) is 0 Å². The molecule has 3 N–H and O–H groups in total. The molecule has 4 heteroatoms. The number of ether oxygens (including phenoxy) is 1. The molecule has 0 amide bonds. The quantitative estimate of drug-likeness (QED) is 0.481. The zero-order chi connectivity index (χ0) is 14.9. The van der Waals surface area contributed by atoms with Crippen molar-refractivity contribution in [3.8, 4) is 5.75 Å². The highest BCUT2D eigenvalue weighted by Gasteiger charge is 2.12. The minimum atomic E-state index is 0.519. The number of guanidine groups is 1. The van der Waals surface area contributed by atoms with Crippen LogP contribution < -0.4 is 15.8 Å². The molecule has 0 aliphatic heterocycles. The van der Waals surface area contributed by atoms with E-state index < -0.39 is 0 Å².